The third kappa shape index (κ3) is 6.22. The minimum atomic E-state index is -0.344. The summed E-state index contributed by atoms with van der Waals surface area (Å²) >= 11 is 0. The number of rotatable bonds is 9. The number of nitrogens with two attached hydrogens (primary N) is 1. The van der Waals surface area contributed by atoms with E-state index < -0.39 is 0 Å². The maximum absolute atomic E-state index is 12.6. The predicted octanol–water partition coefficient (Wildman–Crippen LogP) is 3.98. The van der Waals surface area contributed by atoms with Crippen LogP contribution in [0, 0.1) is 0 Å². The average Bonchev–Trinajstić information content (AvgIpc) is 2.68. The van der Waals surface area contributed by atoms with Gasteiger partial charge in [0.15, 0.2) is 0 Å². The van der Waals surface area contributed by atoms with E-state index >= 15 is 0 Å². The van der Waals surface area contributed by atoms with Gasteiger partial charge in [-0.2, -0.15) is 0 Å². The largest absolute Gasteiger partial charge is 0.339 e. The zero-order valence-corrected chi connectivity index (χ0v) is 16.2. The summed E-state index contributed by atoms with van der Waals surface area (Å²) in [5, 5.41) is 2.84. The lowest BCUT2D eigenvalue weighted by Gasteiger charge is -2.21. The fourth-order valence-electron chi connectivity index (χ4n) is 2.96. The zero-order valence-electron chi connectivity index (χ0n) is 16.2. The number of nitrogens with one attached hydrogen (secondary N) is 1. The van der Waals surface area contributed by atoms with Crippen molar-refractivity contribution in [3.05, 3.63) is 65.7 Å². The molecule has 2 rings (SSSR count). The number of carbonyl (C=O) groups excluding carboxylic acids is 2. The summed E-state index contributed by atoms with van der Waals surface area (Å²) < 4.78 is 0. The summed E-state index contributed by atoms with van der Waals surface area (Å²) in [4.78, 5) is 26.7. The van der Waals surface area contributed by atoms with Gasteiger partial charge in [-0.3, -0.25) is 9.59 Å². The number of hydrogen-bond donors (Lipinski definition) is 2. The second kappa shape index (κ2) is 10.5. The fourth-order valence-corrected chi connectivity index (χ4v) is 2.96. The molecular formula is C22H29N3O2. The summed E-state index contributed by atoms with van der Waals surface area (Å²) in [6.07, 6.45) is 2.06. The van der Waals surface area contributed by atoms with Gasteiger partial charge in [0.05, 0.1) is 0 Å². The van der Waals surface area contributed by atoms with E-state index in [1.807, 2.05) is 35.2 Å². The van der Waals surface area contributed by atoms with Crippen LogP contribution >= 0.6 is 0 Å². The molecule has 0 saturated heterocycles. The minimum absolute atomic E-state index is 0.0303. The lowest BCUT2D eigenvalue weighted by Crippen LogP contribution is -2.32. The van der Waals surface area contributed by atoms with Crippen LogP contribution in [0.25, 0.3) is 0 Å². The van der Waals surface area contributed by atoms with Crippen molar-refractivity contribution >= 4 is 17.5 Å². The Bertz CT molecular complexity index is 723. The molecule has 5 nitrogen and oxygen atoms in total. The molecule has 1 unspecified atom stereocenters. The molecule has 0 bridgehead atoms. The number of anilines is 1. The van der Waals surface area contributed by atoms with Crippen LogP contribution in [0.4, 0.5) is 5.69 Å². The van der Waals surface area contributed by atoms with E-state index in [4.69, 9.17) is 5.73 Å². The molecule has 27 heavy (non-hydrogen) atoms. The molecule has 3 N–H and O–H groups in total. The molecule has 0 fully saturated rings. The van der Waals surface area contributed by atoms with E-state index in [0.717, 1.165) is 31.5 Å². The highest BCUT2D eigenvalue weighted by molar-refractivity contribution is 5.96. The van der Waals surface area contributed by atoms with Gasteiger partial charge in [-0.1, -0.05) is 44.2 Å². The predicted molar refractivity (Wildman–Crippen MR) is 110 cm³/mol. The third-order valence-corrected chi connectivity index (χ3v) is 4.32. The smallest absolute Gasteiger partial charge is 0.253 e. The molecule has 1 atom stereocenters. The first-order valence-corrected chi connectivity index (χ1v) is 9.54. The maximum atomic E-state index is 12.6. The summed E-state index contributed by atoms with van der Waals surface area (Å²) in [5.74, 6) is -0.119. The Labute approximate surface area is 161 Å². The van der Waals surface area contributed by atoms with E-state index in [-0.39, 0.29) is 24.3 Å². The van der Waals surface area contributed by atoms with Crippen molar-refractivity contribution in [3.63, 3.8) is 0 Å². The molecule has 2 aromatic carbocycles. The highest BCUT2D eigenvalue weighted by atomic mass is 16.2. The van der Waals surface area contributed by atoms with Gasteiger partial charge in [0.25, 0.3) is 5.91 Å². The highest BCUT2D eigenvalue weighted by Crippen LogP contribution is 2.16. The molecule has 2 aromatic rings. The molecule has 0 aliphatic carbocycles. The van der Waals surface area contributed by atoms with Crippen LogP contribution < -0.4 is 11.1 Å². The maximum Gasteiger partial charge on any atom is 0.253 e. The first-order valence-electron chi connectivity index (χ1n) is 9.54. The molecule has 0 radical (unpaired) electrons. The van der Waals surface area contributed by atoms with Crippen LogP contribution in [-0.4, -0.2) is 29.8 Å². The van der Waals surface area contributed by atoms with E-state index in [1.165, 1.54) is 0 Å². The van der Waals surface area contributed by atoms with E-state index in [2.05, 4.69) is 19.2 Å². The summed E-state index contributed by atoms with van der Waals surface area (Å²) in [5.41, 5.74) is 8.32. The quantitative estimate of drug-likeness (QED) is 0.704. The van der Waals surface area contributed by atoms with Gasteiger partial charge >= 0.3 is 0 Å². The summed E-state index contributed by atoms with van der Waals surface area (Å²) in [6.45, 7) is 5.63. The molecule has 0 saturated carbocycles. The SMILES string of the molecule is CCCN(CCC)C(=O)c1ccc(NC(=O)CC(N)c2ccccc2)cc1. The molecule has 0 aliphatic rings. The van der Waals surface area contributed by atoms with Gasteiger partial charge in [0.2, 0.25) is 5.91 Å². The van der Waals surface area contributed by atoms with Crippen LogP contribution in [0.2, 0.25) is 0 Å². The van der Waals surface area contributed by atoms with Gasteiger partial charge in [-0.05, 0) is 42.7 Å². The van der Waals surface area contributed by atoms with Crippen molar-refractivity contribution in [2.75, 3.05) is 18.4 Å². The normalized spacial score (nSPS) is 11.7. The van der Waals surface area contributed by atoms with Gasteiger partial charge in [-0.15, -0.1) is 0 Å². The lowest BCUT2D eigenvalue weighted by atomic mass is 10.0. The van der Waals surface area contributed by atoms with Crippen molar-refractivity contribution in [3.8, 4) is 0 Å². The third-order valence-electron chi connectivity index (χ3n) is 4.32. The summed E-state index contributed by atoms with van der Waals surface area (Å²) in [7, 11) is 0. The number of nitrogens with zero attached hydrogens (tertiary/aromatic N) is 1. The Balaban J connectivity index is 1.94. The number of benzene rings is 2. The van der Waals surface area contributed by atoms with Crippen molar-refractivity contribution in [1.82, 2.24) is 4.90 Å². The molecule has 0 spiro atoms. The Morgan fingerprint density at radius 1 is 0.963 bits per heavy atom. The Hall–Kier alpha value is -2.66. The van der Waals surface area contributed by atoms with Crippen LogP contribution in [-0.2, 0) is 4.79 Å². The van der Waals surface area contributed by atoms with Crippen LogP contribution in [0.15, 0.2) is 54.6 Å². The molecule has 144 valence electrons. The lowest BCUT2D eigenvalue weighted by molar-refractivity contribution is -0.116. The molecule has 2 amide bonds. The minimum Gasteiger partial charge on any atom is -0.339 e. The fraction of sp³-hybridized carbons (Fsp3) is 0.364. The molecule has 0 aromatic heterocycles. The molecule has 5 heteroatoms. The zero-order chi connectivity index (χ0) is 19.6. The topological polar surface area (TPSA) is 75.4 Å². The van der Waals surface area contributed by atoms with Gasteiger partial charge < -0.3 is 16.0 Å². The molecule has 0 aliphatic heterocycles. The molecular weight excluding hydrogens is 338 g/mol. The monoisotopic (exact) mass is 367 g/mol. The Kier molecular flexibility index (Phi) is 8.01. The Morgan fingerprint density at radius 2 is 1.56 bits per heavy atom. The molecule has 0 heterocycles. The Morgan fingerprint density at radius 3 is 2.11 bits per heavy atom. The van der Waals surface area contributed by atoms with Gasteiger partial charge in [-0.25, -0.2) is 0 Å². The second-order valence-electron chi connectivity index (χ2n) is 6.64. The van der Waals surface area contributed by atoms with Crippen molar-refractivity contribution in [1.29, 1.82) is 0 Å². The van der Waals surface area contributed by atoms with Crippen LogP contribution in [0.5, 0.6) is 0 Å². The van der Waals surface area contributed by atoms with Crippen molar-refractivity contribution < 1.29 is 9.59 Å². The van der Waals surface area contributed by atoms with Gasteiger partial charge in [0.1, 0.15) is 0 Å². The standard InChI is InChI=1S/C22H29N3O2/c1-3-14-25(15-4-2)22(27)18-10-12-19(13-11-18)24-21(26)16-20(23)17-8-6-5-7-9-17/h5-13,20H,3-4,14-16,23H2,1-2H3,(H,24,26). The highest BCUT2D eigenvalue weighted by Gasteiger charge is 2.15. The van der Waals surface area contributed by atoms with Crippen LogP contribution in [0.1, 0.15) is 55.1 Å². The van der Waals surface area contributed by atoms with Crippen molar-refractivity contribution in [2.45, 2.75) is 39.2 Å². The number of amides is 2. The van der Waals surface area contributed by atoms with Gasteiger partial charge in [0, 0.05) is 36.8 Å². The van der Waals surface area contributed by atoms with E-state index in [9.17, 15) is 9.59 Å². The number of hydrogen-bond acceptors (Lipinski definition) is 3. The first-order chi connectivity index (χ1) is 13.0. The number of carbonyl (C=O) groups is 2. The first kappa shape index (κ1) is 20.6. The van der Waals surface area contributed by atoms with E-state index in [0.29, 0.717) is 11.3 Å². The van der Waals surface area contributed by atoms with Crippen LogP contribution in [0.3, 0.4) is 0 Å². The van der Waals surface area contributed by atoms with Crippen molar-refractivity contribution in [2.24, 2.45) is 5.73 Å². The van der Waals surface area contributed by atoms with E-state index in [1.54, 1.807) is 24.3 Å². The average molecular weight is 367 g/mol. The summed E-state index contributed by atoms with van der Waals surface area (Å²) in [6, 6.07) is 16.2. The second-order valence-corrected chi connectivity index (χ2v) is 6.64.